The fraction of sp³-hybridized carbons (Fsp3) is 0.0690. The van der Waals surface area contributed by atoms with E-state index in [1.165, 1.54) is 6.26 Å². The third-order valence-corrected chi connectivity index (χ3v) is 5.72. The third kappa shape index (κ3) is 4.95. The molecule has 0 saturated carbocycles. The van der Waals surface area contributed by atoms with Gasteiger partial charge in [-0.1, -0.05) is 54.6 Å². The van der Waals surface area contributed by atoms with E-state index in [1.54, 1.807) is 48.3 Å². The summed E-state index contributed by atoms with van der Waals surface area (Å²) in [6.07, 6.45) is 3.40. The van der Waals surface area contributed by atoms with Gasteiger partial charge in [-0.05, 0) is 42.5 Å². The van der Waals surface area contributed by atoms with Crippen LogP contribution < -0.4 is 5.32 Å². The highest BCUT2D eigenvalue weighted by molar-refractivity contribution is 6.03. The monoisotopic (exact) mass is 476 g/mol. The van der Waals surface area contributed by atoms with Crippen LogP contribution in [0.4, 0.5) is 5.69 Å². The average Bonchev–Trinajstić information content (AvgIpc) is 3.60. The summed E-state index contributed by atoms with van der Waals surface area (Å²) in [5, 5.41) is 7.59. The number of amides is 2. The quantitative estimate of drug-likeness (QED) is 0.329. The van der Waals surface area contributed by atoms with Crippen molar-refractivity contribution in [1.82, 2.24) is 14.7 Å². The summed E-state index contributed by atoms with van der Waals surface area (Å²) in [5.41, 5.74) is 4.63. The summed E-state index contributed by atoms with van der Waals surface area (Å²) in [5.74, 6) is -0.345. The highest BCUT2D eigenvalue weighted by Gasteiger charge is 2.19. The van der Waals surface area contributed by atoms with Crippen LogP contribution in [0.2, 0.25) is 0 Å². The molecule has 0 unspecified atom stereocenters. The number of nitrogens with zero attached hydrogens (tertiary/aromatic N) is 3. The lowest BCUT2D eigenvalue weighted by atomic mass is 10.1. The zero-order valence-electron chi connectivity index (χ0n) is 19.7. The number of rotatable bonds is 7. The van der Waals surface area contributed by atoms with Gasteiger partial charge in [0.25, 0.3) is 11.8 Å². The Balaban J connectivity index is 1.38. The number of anilines is 1. The largest absolute Gasteiger partial charge is 0.459 e. The van der Waals surface area contributed by atoms with Gasteiger partial charge in [0, 0.05) is 42.2 Å². The molecule has 0 aliphatic rings. The maximum absolute atomic E-state index is 13.3. The van der Waals surface area contributed by atoms with E-state index in [4.69, 9.17) is 9.52 Å². The Morgan fingerprint density at radius 2 is 1.67 bits per heavy atom. The number of carbonyl (C=O) groups is 2. The number of hydrogen-bond acceptors (Lipinski definition) is 4. The zero-order chi connectivity index (χ0) is 24.9. The molecule has 2 aromatic heterocycles. The first-order valence-electron chi connectivity index (χ1n) is 11.5. The molecule has 2 amide bonds. The van der Waals surface area contributed by atoms with Gasteiger partial charge in [-0.15, -0.1) is 0 Å². The molecule has 0 spiro atoms. The smallest absolute Gasteiger partial charge is 0.291 e. The van der Waals surface area contributed by atoms with Crippen LogP contribution >= 0.6 is 0 Å². The molecule has 0 bridgehead atoms. The molecular weight excluding hydrogens is 452 g/mol. The molecule has 0 radical (unpaired) electrons. The van der Waals surface area contributed by atoms with E-state index in [9.17, 15) is 9.59 Å². The number of hydrogen-bond donors (Lipinski definition) is 1. The fourth-order valence-electron chi connectivity index (χ4n) is 3.96. The lowest BCUT2D eigenvalue weighted by molar-refractivity contribution is 0.0785. The first-order chi connectivity index (χ1) is 17.6. The van der Waals surface area contributed by atoms with Crippen LogP contribution in [-0.4, -0.2) is 33.5 Å². The van der Waals surface area contributed by atoms with Gasteiger partial charge >= 0.3 is 0 Å². The van der Waals surface area contributed by atoms with E-state index in [1.807, 2.05) is 71.5 Å². The Labute approximate surface area is 208 Å². The number of para-hydroxylation sites is 1. The molecular formula is C29H24N4O3. The Hall–Kier alpha value is -4.91. The molecule has 5 rings (SSSR count). The first-order valence-corrected chi connectivity index (χ1v) is 11.5. The SMILES string of the molecule is CN(Cc1cn(-c2ccccc2)nc1-c1ccccc1)C(=O)c1cccc(NC(=O)c2ccco2)c1. The summed E-state index contributed by atoms with van der Waals surface area (Å²) in [6, 6.07) is 29.9. The maximum Gasteiger partial charge on any atom is 0.291 e. The van der Waals surface area contributed by atoms with Crippen molar-refractivity contribution in [3.8, 4) is 16.9 Å². The van der Waals surface area contributed by atoms with Crippen LogP contribution in [0.5, 0.6) is 0 Å². The molecule has 0 aliphatic carbocycles. The Bertz CT molecular complexity index is 1480. The molecule has 0 saturated heterocycles. The van der Waals surface area contributed by atoms with Gasteiger partial charge in [0.15, 0.2) is 5.76 Å². The second-order valence-electron chi connectivity index (χ2n) is 8.32. The standard InChI is InChI=1S/C29H24N4O3/c1-32(29(35)22-12-8-13-24(18-22)30-28(34)26-16-9-17-36-26)19-23-20-33(25-14-6-3-7-15-25)31-27(23)21-10-4-2-5-11-21/h2-18,20H,19H2,1H3,(H,30,34). The van der Waals surface area contributed by atoms with Gasteiger partial charge in [-0.25, -0.2) is 4.68 Å². The fourth-order valence-corrected chi connectivity index (χ4v) is 3.96. The summed E-state index contributed by atoms with van der Waals surface area (Å²) >= 11 is 0. The Morgan fingerprint density at radius 3 is 2.39 bits per heavy atom. The van der Waals surface area contributed by atoms with E-state index >= 15 is 0 Å². The average molecular weight is 477 g/mol. The minimum absolute atomic E-state index is 0.171. The van der Waals surface area contributed by atoms with Crippen LogP contribution in [0.3, 0.4) is 0 Å². The van der Waals surface area contributed by atoms with Crippen LogP contribution in [0, 0.1) is 0 Å². The van der Waals surface area contributed by atoms with Crippen LogP contribution in [0.1, 0.15) is 26.5 Å². The Kier molecular flexibility index (Phi) is 6.44. The van der Waals surface area contributed by atoms with Crippen LogP contribution in [0.15, 0.2) is 114 Å². The second kappa shape index (κ2) is 10.1. The summed E-state index contributed by atoms with van der Waals surface area (Å²) in [4.78, 5) is 27.3. The van der Waals surface area contributed by atoms with E-state index in [2.05, 4.69) is 5.32 Å². The molecule has 178 valence electrons. The predicted molar refractivity (Wildman–Crippen MR) is 138 cm³/mol. The minimum atomic E-state index is -0.376. The molecule has 3 aromatic carbocycles. The molecule has 7 heteroatoms. The van der Waals surface area contributed by atoms with Gasteiger partial charge in [0.1, 0.15) is 0 Å². The summed E-state index contributed by atoms with van der Waals surface area (Å²) in [6.45, 7) is 0.360. The van der Waals surface area contributed by atoms with Crippen molar-refractivity contribution in [1.29, 1.82) is 0 Å². The van der Waals surface area contributed by atoms with Gasteiger partial charge in [-0.2, -0.15) is 5.10 Å². The lowest BCUT2D eigenvalue weighted by Crippen LogP contribution is -2.26. The van der Waals surface area contributed by atoms with Gasteiger partial charge in [0.05, 0.1) is 17.6 Å². The molecule has 0 aliphatic heterocycles. The molecule has 1 N–H and O–H groups in total. The molecule has 5 aromatic rings. The van der Waals surface area contributed by atoms with Crippen molar-refractivity contribution in [2.45, 2.75) is 6.54 Å². The Morgan fingerprint density at radius 1 is 0.917 bits per heavy atom. The molecule has 0 atom stereocenters. The number of nitrogens with one attached hydrogen (secondary N) is 1. The van der Waals surface area contributed by atoms with Gasteiger partial charge in [0.2, 0.25) is 0 Å². The molecule has 7 nitrogen and oxygen atoms in total. The third-order valence-electron chi connectivity index (χ3n) is 5.72. The summed E-state index contributed by atoms with van der Waals surface area (Å²) < 4.78 is 6.97. The number of furan rings is 1. The van der Waals surface area contributed by atoms with E-state index < -0.39 is 0 Å². The lowest BCUT2D eigenvalue weighted by Gasteiger charge is -2.18. The number of benzene rings is 3. The van der Waals surface area contributed by atoms with Crippen LogP contribution in [0.25, 0.3) is 16.9 Å². The van der Waals surface area contributed by atoms with Crippen LogP contribution in [-0.2, 0) is 6.54 Å². The van der Waals surface area contributed by atoms with Crippen molar-refractivity contribution >= 4 is 17.5 Å². The summed E-state index contributed by atoms with van der Waals surface area (Å²) in [7, 11) is 1.76. The molecule has 2 heterocycles. The topological polar surface area (TPSA) is 80.4 Å². The van der Waals surface area contributed by atoms with E-state index in [0.29, 0.717) is 17.8 Å². The van der Waals surface area contributed by atoms with E-state index in [-0.39, 0.29) is 17.6 Å². The number of carbonyl (C=O) groups excluding carboxylic acids is 2. The normalized spacial score (nSPS) is 10.7. The van der Waals surface area contributed by atoms with Crippen molar-refractivity contribution in [2.75, 3.05) is 12.4 Å². The predicted octanol–water partition coefficient (Wildman–Crippen LogP) is 5.66. The van der Waals surface area contributed by atoms with Gasteiger partial charge in [-0.3, -0.25) is 9.59 Å². The van der Waals surface area contributed by atoms with Crippen molar-refractivity contribution in [2.24, 2.45) is 0 Å². The highest BCUT2D eigenvalue weighted by Crippen LogP contribution is 2.25. The van der Waals surface area contributed by atoms with Crippen molar-refractivity contribution in [3.63, 3.8) is 0 Å². The minimum Gasteiger partial charge on any atom is -0.459 e. The van der Waals surface area contributed by atoms with Gasteiger partial charge < -0.3 is 14.6 Å². The van der Waals surface area contributed by atoms with Crippen molar-refractivity contribution in [3.05, 3.63) is 126 Å². The molecule has 36 heavy (non-hydrogen) atoms. The highest BCUT2D eigenvalue weighted by atomic mass is 16.3. The molecule has 0 fully saturated rings. The zero-order valence-corrected chi connectivity index (χ0v) is 19.7. The maximum atomic E-state index is 13.3. The van der Waals surface area contributed by atoms with Crippen molar-refractivity contribution < 1.29 is 14.0 Å². The second-order valence-corrected chi connectivity index (χ2v) is 8.32. The van der Waals surface area contributed by atoms with E-state index in [0.717, 1.165) is 22.5 Å². The number of aromatic nitrogens is 2. The first kappa shape index (κ1) is 22.9.